The molecule has 2 atom stereocenters. The Morgan fingerprint density at radius 1 is 1.21 bits per heavy atom. The molecule has 0 radical (unpaired) electrons. The maximum Gasteiger partial charge on any atom is 0.378 e. The number of rotatable bonds is 8. The minimum absolute atomic E-state index is 0.0400. The lowest BCUT2D eigenvalue weighted by Gasteiger charge is -2.46. The van der Waals surface area contributed by atoms with Gasteiger partial charge in [-0.1, -0.05) is 22.8 Å². The van der Waals surface area contributed by atoms with Crippen molar-refractivity contribution in [3.8, 4) is 22.5 Å². The number of hydrogen-bond acceptors (Lipinski definition) is 10. The van der Waals surface area contributed by atoms with Crippen LogP contribution in [0, 0.1) is 18.6 Å². The highest BCUT2D eigenvalue weighted by molar-refractivity contribution is 6.31. The number of aryl methyl sites for hydroxylation is 2. The van der Waals surface area contributed by atoms with Gasteiger partial charge in [0.1, 0.15) is 18.2 Å². The summed E-state index contributed by atoms with van der Waals surface area (Å²) in [7, 11) is 1.50. The van der Waals surface area contributed by atoms with Crippen LogP contribution in [0.25, 0.3) is 22.5 Å². The molecule has 2 aromatic carbocycles. The van der Waals surface area contributed by atoms with E-state index in [-0.39, 0.29) is 45.5 Å². The Morgan fingerprint density at radius 2 is 1.98 bits per heavy atom. The summed E-state index contributed by atoms with van der Waals surface area (Å²) >= 11 is 6.10. The fourth-order valence-corrected chi connectivity index (χ4v) is 4.77. The third-order valence-corrected chi connectivity index (χ3v) is 6.73. The van der Waals surface area contributed by atoms with Crippen molar-refractivity contribution < 1.29 is 37.2 Å². The predicted octanol–water partition coefficient (Wildman–Crippen LogP) is 2.60. The third kappa shape index (κ3) is 4.96. The van der Waals surface area contributed by atoms with Gasteiger partial charge in [0.15, 0.2) is 6.10 Å². The Labute approximate surface area is 241 Å². The molecule has 0 saturated carbocycles. The number of likely N-dealkylation sites (N-methyl/N-ethyl adjacent to an activating group) is 1. The minimum Gasteiger partial charge on any atom is -0.437 e. The zero-order valence-corrected chi connectivity index (χ0v) is 23.1. The van der Waals surface area contributed by atoms with Crippen LogP contribution in [-0.2, 0) is 26.1 Å². The molecule has 13 nitrogen and oxygen atoms in total. The molecule has 4 aromatic rings. The molecule has 0 spiro atoms. The van der Waals surface area contributed by atoms with E-state index in [2.05, 4.69) is 20.6 Å². The number of tetrazole rings is 1. The van der Waals surface area contributed by atoms with Crippen molar-refractivity contribution in [1.29, 1.82) is 0 Å². The van der Waals surface area contributed by atoms with Crippen molar-refractivity contribution in [3.05, 3.63) is 64.5 Å². The van der Waals surface area contributed by atoms with E-state index in [0.717, 1.165) is 21.8 Å². The van der Waals surface area contributed by atoms with Crippen molar-refractivity contribution in [2.24, 2.45) is 12.8 Å². The van der Waals surface area contributed by atoms with Gasteiger partial charge in [0, 0.05) is 17.6 Å². The van der Waals surface area contributed by atoms with Crippen LogP contribution in [0.4, 0.5) is 14.5 Å². The Balaban J connectivity index is 1.52. The monoisotopic (exact) mass is 601 g/mol. The van der Waals surface area contributed by atoms with Crippen LogP contribution in [0.3, 0.4) is 0 Å². The maximum atomic E-state index is 15.7. The highest BCUT2D eigenvalue weighted by atomic mass is 35.5. The topological polar surface area (TPSA) is 169 Å². The minimum atomic E-state index is -2.20. The Hall–Kier alpha value is -4.76. The van der Waals surface area contributed by atoms with Crippen LogP contribution in [0.15, 0.2) is 40.9 Å². The van der Waals surface area contributed by atoms with E-state index in [0.29, 0.717) is 5.69 Å². The number of nitrogens with two attached hydrogens (primary N) is 1. The number of anilines is 1. The van der Waals surface area contributed by atoms with Crippen molar-refractivity contribution in [3.63, 3.8) is 0 Å². The normalized spacial score (nSPS) is 17.9. The first-order chi connectivity index (χ1) is 19.9. The fraction of sp³-hybridized carbons (Fsp3) is 0.269. The molecule has 42 heavy (non-hydrogen) atoms. The molecule has 2 amide bonds. The third-order valence-electron chi connectivity index (χ3n) is 6.51. The first-order valence-corrected chi connectivity index (χ1v) is 12.8. The first kappa shape index (κ1) is 28.8. The number of amides is 2. The van der Waals surface area contributed by atoms with Gasteiger partial charge < -0.3 is 24.6 Å². The van der Waals surface area contributed by atoms with E-state index in [1.165, 1.54) is 31.3 Å². The zero-order valence-electron chi connectivity index (χ0n) is 22.3. The molecule has 2 aromatic heterocycles. The van der Waals surface area contributed by atoms with Crippen molar-refractivity contribution in [2.75, 3.05) is 18.1 Å². The molecular formula is C26H22ClF2N7O6. The van der Waals surface area contributed by atoms with E-state index in [1.807, 2.05) is 0 Å². The number of halogens is 3. The highest BCUT2D eigenvalue weighted by Crippen LogP contribution is 2.39. The van der Waals surface area contributed by atoms with E-state index < -0.39 is 47.7 Å². The smallest absolute Gasteiger partial charge is 0.378 e. The number of benzene rings is 2. The Bertz CT molecular complexity index is 1730. The number of nitrogens with zero attached hydrogens (tertiary/aromatic N) is 6. The number of esters is 1. The second kappa shape index (κ2) is 10.9. The lowest BCUT2D eigenvalue weighted by molar-refractivity contribution is -0.225. The van der Waals surface area contributed by atoms with Crippen LogP contribution in [0.2, 0.25) is 5.02 Å². The summed E-state index contributed by atoms with van der Waals surface area (Å²) in [5.74, 6) is -5.16. The largest absolute Gasteiger partial charge is 0.437 e. The summed E-state index contributed by atoms with van der Waals surface area (Å²) < 4.78 is 46.3. The molecule has 3 heterocycles. The zero-order chi connectivity index (χ0) is 30.3. The van der Waals surface area contributed by atoms with Gasteiger partial charge in [-0.25, -0.2) is 13.6 Å². The second-order valence-corrected chi connectivity index (χ2v) is 9.77. The van der Waals surface area contributed by atoms with Gasteiger partial charge in [-0.05, 0) is 54.5 Å². The van der Waals surface area contributed by atoms with Crippen molar-refractivity contribution >= 4 is 35.1 Å². The molecule has 5 rings (SSSR count). The molecule has 1 fully saturated rings. The summed E-state index contributed by atoms with van der Waals surface area (Å²) in [5.41, 5.74) is 3.65. The van der Waals surface area contributed by atoms with Gasteiger partial charge in [0.25, 0.3) is 11.8 Å². The van der Waals surface area contributed by atoms with Gasteiger partial charge >= 0.3 is 5.97 Å². The van der Waals surface area contributed by atoms with Gasteiger partial charge in [-0.3, -0.25) is 9.59 Å². The number of hydrogen-bond donors (Lipinski definition) is 1. The number of carbonyl (C=O) groups excluding carboxylic acids is 3. The standard InChI is InChI=1S/C26H22ClF2N7O6/c1-4-36(25(39)26(11-40-21(26)22(30)37)41-24(38)19-7-12(2)33-42-19)18-6-5-13(8-16(18)28)15-9-14(27)10-17(29)20(15)23-31-34-35(3)32-23/h5-10,21H,4,11H2,1-3H3,(H2,30,37). The number of carbonyl (C=O) groups is 3. The van der Waals surface area contributed by atoms with Gasteiger partial charge in [0.2, 0.25) is 17.2 Å². The molecule has 1 aliphatic rings. The molecule has 16 heteroatoms. The molecule has 2 unspecified atom stereocenters. The number of primary amides is 1. The van der Waals surface area contributed by atoms with Crippen LogP contribution >= 0.6 is 11.6 Å². The van der Waals surface area contributed by atoms with E-state index in [1.54, 1.807) is 13.8 Å². The van der Waals surface area contributed by atoms with Crippen molar-refractivity contribution in [1.82, 2.24) is 25.4 Å². The lowest BCUT2D eigenvalue weighted by atomic mass is 9.88. The molecule has 1 saturated heterocycles. The molecule has 0 bridgehead atoms. The van der Waals surface area contributed by atoms with Crippen LogP contribution in [-0.4, -0.2) is 68.0 Å². The van der Waals surface area contributed by atoms with Gasteiger partial charge in [0.05, 0.1) is 24.0 Å². The summed E-state index contributed by atoms with van der Waals surface area (Å²) in [4.78, 5) is 40.9. The van der Waals surface area contributed by atoms with Crippen LogP contribution in [0.5, 0.6) is 0 Å². The SMILES string of the molecule is CCN(C(=O)C1(OC(=O)c2cc(C)no2)COC1C(N)=O)c1ccc(-c2cc(Cl)cc(F)c2-c2nnn(C)n2)cc1F. The lowest BCUT2D eigenvalue weighted by Crippen LogP contribution is -2.72. The summed E-state index contributed by atoms with van der Waals surface area (Å²) in [6.07, 6.45) is -1.65. The number of aromatic nitrogens is 5. The average molecular weight is 602 g/mol. The predicted molar refractivity (Wildman–Crippen MR) is 141 cm³/mol. The van der Waals surface area contributed by atoms with Gasteiger partial charge in [-0.15, -0.1) is 10.2 Å². The molecule has 2 N–H and O–H groups in total. The molecule has 1 aliphatic heterocycles. The summed E-state index contributed by atoms with van der Waals surface area (Å²) in [5, 5.41) is 15.3. The maximum absolute atomic E-state index is 15.7. The molecule has 0 aliphatic carbocycles. The fourth-order valence-electron chi connectivity index (χ4n) is 4.56. The van der Waals surface area contributed by atoms with E-state index in [4.69, 9.17) is 31.3 Å². The quantitative estimate of drug-likeness (QED) is 0.296. The Morgan fingerprint density at radius 3 is 2.52 bits per heavy atom. The average Bonchev–Trinajstić information content (AvgIpc) is 3.54. The molecular weight excluding hydrogens is 580 g/mol. The summed E-state index contributed by atoms with van der Waals surface area (Å²) in [6.45, 7) is 2.48. The van der Waals surface area contributed by atoms with Gasteiger partial charge in [-0.2, -0.15) is 4.80 Å². The molecule has 218 valence electrons. The second-order valence-electron chi connectivity index (χ2n) is 9.33. The van der Waals surface area contributed by atoms with Crippen LogP contribution < -0.4 is 10.6 Å². The highest BCUT2D eigenvalue weighted by Gasteiger charge is 2.63. The number of ether oxygens (including phenoxy) is 2. The first-order valence-electron chi connectivity index (χ1n) is 12.4. The Kier molecular flexibility index (Phi) is 7.47. The van der Waals surface area contributed by atoms with E-state index >= 15 is 8.78 Å². The summed E-state index contributed by atoms with van der Waals surface area (Å²) in [6, 6.07) is 7.52. The van der Waals surface area contributed by atoms with Crippen LogP contribution in [0.1, 0.15) is 23.2 Å². The van der Waals surface area contributed by atoms with E-state index in [9.17, 15) is 14.4 Å². The van der Waals surface area contributed by atoms with Crippen molar-refractivity contribution in [2.45, 2.75) is 25.6 Å².